The zero-order valence-corrected chi connectivity index (χ0v) is 11.3. The van der Waals surface area contributed by atoms with Gasteiger partial charge in [-0.1, -0.05) is 46.3 Å². The quantitative estimate of drug-likeness (QED) is 0.618. The molecule has 0 amide bonds. The molecule has 0 spiro atoms. The Hall–Kier alpha value is -0.480. The summed E-state index contributed by atoms with van der Waals surface area (Å²) in [6, 6.07) is 10.3. The zero-order valence-electron chi connectivity index (χ0n) is 8.93. The summed E-state index contributed by atoms with van der Waals surface area (Å²) >= 11 is 4.98. The van der Waals surface area contributed by atoms with Gasteiger partial charge in [-0.05, 0) is 24.2 Å². The van der Waals surface area contributed by atoms with E-state index in [0.29, 0.717) is 6.42 Å². The molecule has 0 saturated heterocycles. The van der Waals surface area contributed by atoms with Gasteiger partial charge in [-0.3, -0.25) is 4.79 Å². The van der Waals surface area contributed by atoms with Crippen LogP contribution in [0.5, 0.6) is 0 Å². The molecule has 0 aromatic heterocycles. The van der Waals surface area contributed by atoms with E-state index in [1.165, 1.54) is 5.56 Å². The molecule has 88 valence electrons. The van der Waals surface area contributed by atoms with Crippen LogP contribution in [0.25, 0.3) is 0 Å². The van der Waals surface area contributed by atoms with Crippen LogP contribution in [-0.4, -0.2) is 21.7 Å². The van der Waals surface area contributed by atoms with E-state index in [0.717, 1.165) is 17.9 Å². The van der Waals surface area contributed by atoms with Gasteiger partial charge in [0, 0.05) is 5.75 Å². The summed E-state index contributed by atoms with van der Waals surface area (Å²) in [7, 11) is 0. The molecule has 1 N–H and O–H groups in total. The van der Waals surface area contributed by atoms with Gasteiger partial charge in [0.2, 0.25) is 0 Å². The van der Waals surface area contributed by atoms with Crippen LogP contribution in [-0.2, 0) is 10.5 Å². The van der Waals surface area contributed by atoms with Gasteiger partial charge < -0.3 is 5.11 Å². The van der Waals surface area contributed by atoms with E-state index in [2.05, 4.69) is 28.1 Å². The lowest BCUT2D eigenvalue weighted by molar-refractivity contribution is -0.136. The van der Waals surface area contributed by atoms with E-state index < -0.39 is 10.8 Å². The summed E-state index contributed by atoms with van der Waals surface area (Å²) in [5.74, 6) is 1.23. The molecule has 1 atom stereocenters. The predicted octanol–water partition coefficient (Wildman–Crippen LogP) is 3.55. The van der Waals surface area contributed by atoms with Crippen molar-refractivity contribution in [2.75, 3.05) is 5.75 Å². The maximum atomic E-state index is 10.5. The number of hydrogen-bond donors (Lipinski definition) is 1. The van der Waals surface area contributed by atoms with Gasteiger partial charge in [0.25, 0.3) is 0 Å². The Morgan fingerprint density at radius 2 is 2.06 bits per heavy atom. The number of benzene rings is 1. The number of carboxylic acid groups (broad SMARTS) is 1. The largest absolute Gasteiger partial charge is 0.480 e. The van der Waals surface area contributed by atoms with Crippen LogP contribution in [0.4, 0.5) is 0 Å². The maximum absolute atomic E-state index is 10.5. The third-order valence-corrected chi connectivity index (χ3v) is 4.09. The summed E-state index contributed by atoms with van der Waals surface area (Å²) in [4.78, 5) is 10.1. The fourth-order valence-corrected chi connectivity index (χ4v) is 2.52. The van der Waals surface area contributed by atoms with Crippen LogP contribution in [0.2, 0.25) is 0 Å². The van der Waals surface area contributed by atoms with Crippen molar-refractivity contribution in [1.29, 1.82) is 0 Å². The molecule has 1 rings (SSSR count). The lowest BCUT2D eigenvalue weighted by atomic mass is 10.2. The molecular formula is C12H15BrO2S. The number of thioether (sulfide) groups is 1. The molecule has 2 nitrogen and oxygen atoms in total. The number of alkyl halides is 1. The molecular weight excluding hydrogens is 288 g/mol. The van der Waals surface area contributed by atoms with Crippen molar-refractivity contribution in [3.8, 4) is 0 Å². The molecule has 0 heterocycles. The second-order valence-electron chi connectivity index (χ2n) is 3.49. The van der Waals surface area contributed by atoms with Crippen molar-refractivity contribution < 1.29 is 9.90 Å². The third kappa shape index (κ3) is 5.56. The van der Waals surface area contributed by atoms with E-state index in [4.69, 9.17) is 5.11 Å². The Kier molecular flexibility index (Phi) is 6.57. The van der Waals surface area contributed by atoms with Crippen LogP contribution in [0.3, 0.4) is 0 Å². The fourth-order valence-electron chi connectivity index (χ4n) is 1.25. The molecule has 1 aromatic carbocycles. The van der Waals surface area contributed by atoms with Gasteiger partial charge in [-0.25, -0.2) is 0 Å². The van der Waals surface area contributed by atoms with E-state index in [1.807, 2.05) is 30.0 Å². The lowest BCUT2D eigenvalue weighted by Gasteiger charge is -2.04. The molecule has 4 heteroatoms. The molecule has 0 aliphatic carbocycles. The van der Waals surface area contributed by atoms with Gasteiger partial charge in [-0.2, -0.15) is 11.8 Å². The van der Waals surface area contributed by atoms with Crippen LogP contribution in [0.1, 0.15) is 18.4 Å². The highest BCUT2D eigenvalue weighted by molar-refractivity contribution is 9.10. The van der Waals surface area contributed by atoms with E-state index >= 15 is 0 Å². The minimum atomic E-state index is -0.770. The number of hydrogen-bond acceptors (Lipinski definition) is 2. The van der Waals surface area contributed by atoms with Gasteiger partial charge in [-0.15, -0.1) is 0 Å². The summed E-state index contributed by atoms with van der Waals surface area (Å²) in [6.45, 7) is 0. The molecule has 0 radical (unpaired) electrons. The first-order chi connectivity index (χ1) is 7.70. The summed E-state index contributed by atoms with van der Waals surface area (Å²) in [5.41, 5.74) is 1.32. The number of rotatable bonds is 7. The Morgan fingerprint density at radius 3 is 2.69 bits per heavy atom. The van der Waals surface area contributed by atoms with E-state index in [-0.39, 0.29) is 0 Å². The highest BCUT2D eigenvalue weighted by atomic mass is 79.9. The van der Waals surface area contributed by atoms with Crippen LogP contribution in [0.15, 0.2) is 30.3 Å². The molecule has 1 aromatic rings. The highest BCUT2D eigenvalue weighted by Crippen LogP contribution is 2.16. The third-order valence-electron chi connectivity index (χ3n) is 2.13. The van der Waals surface area contributed by atoms with Crippen LogP contribution >= 0.6 is 27.7 Å². The highest BCUT2D eigenvalue weighted by Gasteiger charge is 2.11. The number of halogens is 1. The first-order valence-corrected chi connectivity index (χ1v) is 7.25. The first-order valence-electron chi connectivity index (χ1n) is 5.18. The lowest BCUT2D eigenvalue weighted by Crippen LogP contribution is -2.12. The van der Waals surface area contributed by atoms with Crippen LogP contribution in [0, 0.1) is 0 Å². The van der Waals surface area contributed by atoms with Crippen molar-refractivity contribution in [1.82, 2.24) is 0 Å². The Bertz CT molecular complexity index is 316. The standard InChI is InChI=1S/C12H15BrO2S/c13-11(12(14)15)7-4-8-16-9-10-5-2-1-3-6-10/h1-3,5-6,11H,4,7-9H2,(H,14,15). The van der Waals surface area contributed by atoms with Crippen molar-refractivity contribution in [3.05, 3.63) is 35.9 Å². The van der Waals surface area contributed by atoms with E-state index in [1.54, 1.807) is 0 Å². The van der Waals surface area contributed by atoms with Crippen molar-refractivity contribution in [2.45, 2.75) is 23.4 Å². The predicted molar refractivity (Wildman–Crippen MR) is 72.2 cm³/mol. The molecule has 1 unspecified atom stereocenters. The normalized spacial score (nSPS) is 12.3. The molecule has 0 fully saturated rings. The second-order valence-corrected chi connectivity index (χ2v) is 5.70. The molecule has 0 saturated carbocycles. The maximum Gasteiger partial charge on any atom is 0.317 e. The molecule has 0 aliphatic rings. The van der Waals surface area contributed by atoms with E-state index in [9.17, 15) is 4.79 Å². The molecule has 16 heavy (non-hydrogen) atoms. The smallest absolute Gasteiger partial charge is 0.317 e. The second kappa shape index (κ2) is 7.74. The molecule has 0 aliphatic heterocycles. The van der Waals surface area contributed by atoms with Crippen molar-refractivity contribution in [2.24, 2.45) is 0 Å². The average Bonchev–Trinajstić information content (AvgIpc) is 2.29. The minimum Gasteiger partial charge on any atom is -0.480 e. The number of aliphatic carboxylic acids is 1. The van der Waals surface area contributed by atoms with Gasteiger partial charge in [0.05, 0.1) is 0 Å². The van der Waals surface area contributed by atoms with Crippen molar-refractivity contribution >= 4 is 33.7 Å². The first kappa shape index (κ1) is 13.6. The summed E-state index contributed by atoms with van der Waals surface area (Å²) in [6.07, 6.45) is 1.62. The molecule has 0 bridgehead atoms. The van der Waals surface area contributed by atoms with Crippen molar-refractivity contribution in [3.63, 3.8) is 0 Å². The monoisotopic (exact) mass is 302 g/mol. The Labute approximate surface area is 109 Å². The summed E-state index contributed by atoms with van der Waals surface area (Å²) < 4.78 is 0. The van der Waals surface area contributed by atoms with Gasteiger partial charge >= 0.3 is 5.97 Å². The average molecular weight is 303 g/mol. The van der Waals surface area contributed by atoms with Gasteiger partial charge in [0.1, 0.15) is 4.83 Å². The summed E-state index contributed by atoms with van der Waals surface area (Å²) in [5, 5.41) is 8.66. The fraction of sp³-hybridized carbons (Fsp3) is 0.417. The Morgan fingerprint density at radius 1 is 1.38 bits per heavy atom. The minimum absolute atomic E-state index is 0.398. The van der Waals surface area contributed by atoms with Crippen LogP contribution < -0.4 is 0 Å². The van der Waals surface area contributed by atoms with Gasteiger partial charge in [0.15, 0.2) is 0 Å². The topological polar surface area (TPSA) is 37.3 Å². The zero-order chi connectivity index (χ0) is 11.8. The SMILES string of the molecule is O=C(O)C(Br)CCCSCc1ccccc1. The number of carbonyl (C=O) groups is 1. The Balaban J connectivity index is 2.07. The number of carboxylic acids is 1.